The smallest absolute Gasteiger partial charge is 0.224 e. The predicted molar refractivity (Wildman–Crippen MR) is 281 cm³/mol. The Morgan fingerprint density at radius 2 is 1.01 bits per heavy atom. The van der Waals surface area contributed by atoms with E-state index in [1.165, 1.54) is 110 Å². The topological polar surface area (TPSA) is 78.7 Å². The van der Waals surface area contributed by atoms with Gasteiger partial charge in [0.2, 0.25) is 11.1 Å². The third kappa shape index (κ3) is 10.8. The number of amides is 1. The van der Waals surface area contributed by atoms with Crippen LogP contribution in [0.1, 0.15) is 158 Å². The fraction of sp³-hybridized carbons (Fsp3) is 0.574. The average Bonchev–Trinajstić information content (AvgIpc) is 3.22. The van der Waals surface area contributed by atoms with Crippen molar-refractivity contribution in [3.05, 3.63) is 130 Å². The van der Waals surface area contributed by atoms with Crippen LogP contribution in [0.4, 0.5) is 11.4 Å². The van der Waals surface area contributed by atoms with Gasteiger partial charge in [0, 0.05) is 63.5 Å². The largest absolute Gasteiger partial charge is 0.398 e. The van der Waals surface area contributed by atoms with Gasteiger partial charge in [-0.3, -0.25) is 19.4 Å². The Kier molecular flexibility index (Phi) is 13.7. The molecule has 68 heavy (non-hydrogen) atoms. The second-order valence-electron chi connectivity index (χ2n) is 25.3. The molecule has 14 rings (SSSR count). The van der Waals surface area contributed by atoms with Crippen LogP contribution in [0.5, 0.6) is 0 Å². The van der Waals surface area contributed by atoms with E-state index in [1.807, 2.05) is 6.07 Å². The molecule has 8 aliphatic carbocycles. The number of nitrogens with zero attached hydrogens (tertiary/aromatic N) is 2. The quantitative estimate of drug-likeness (QED) is 0.129. The highest BCUT2D eigenvalue weighted by Gasteiger charge is 2.61. The van der Waals surface area contributed by atoms with Crippen molar-refractivity contribution in [2.75, 3.05) is 24.1 Å². The van der Waals surface area contributed by atoms with E-state index in [1.54, 1.807) is 0 Å². The lowest BCUT2D eigenvalue weighted by Gasteiger charge is -2.65. The van der Waals surface area contributed by atoms with E-state index in [4.69, 9.17) is 17.3 Å². The number of hydrogen-bond donors (Lipinski definition) is 2. The average molecular weight is 938 g/mol. The second-order valence-corrected chi connectivity index (χ2v) is 25.8. The van der Waals surface area contributed by atoms with E-state index >= 15 is 0 Å². The molecule has 4 aromatic rings. The summed E-state index contributed by atoms with van der Waals surface area (Å²) in [5.41, 5.74) is 18.6. The van der Waals surface area contributed by atoms with Gasteiger partial charge in [-0.25, -0.2) is 0 Å². The lowest BCUT2D eigenvalue weighted by Crippen LogP contribution is -2.55. The first kappa shape index (κ1) is 49.0. The standard InChI is InChI=1S/C30H38N2O.C16H18N2.C14H21ClO.CH4/c1-28-13-23-14-29(2,19-28)21-30(15-23,20-28)16-27(33)31-26-10-6-9-24-18-32(12-11-25(24)26)17-22-7-4-3-5-8-22;17-16-8-4-7-14-12-18(10-9-15(14)16)11-13-5-2-1-3-6-13;1-12-3-10-4-13(2,7-12)9-14(5-10,8-12)6-11(15)16;/h3-10,23H,11-21H2,1-2H3,(H,31,33);1-8H,9-12,17H2;10H,3-9H2,1-2H3;1H4. The van der Waals surface area contributed by atoms with Crippen LogP contribution in [-0.4, -0.2) is 34.0 Å². The maximum absolute atomic E-state index is 13.4. The van der Waals surface area contributed by atoms with Gasteiger partial charge in [-0.05, 0) is 191 Å². The van der Waals surface area contributed by atoms with Crippen LogP contribution in [0.2, 0.25) is 0 Å². The zero-order valence-electron chi connectivity index (χ0n) is 41.1. The normalized spacial score (nSPS) is 33.7. The molecule has 4 atom stereocenters. The molecule has 4 unspecified atom stereocenters. The molecule has 2 aliphatic heterocycles. The van der Waals surface area contributed by atoms with Gasteiger partial charge in [-0.1, -0.05) is 120 Å². The number of fused-ring (bicyclic) bond motifs is 2. The van der Waals surface area contributed by atoms with Crippen LogP contribution in [0.3, 0.4) is 0 Å². The molecule has 4 aromatic carbocycles. The van der Waals surface area contributed by atoms with Crippen LogP contribution >= 0.6 is 11.6 Å². The van der Waals surface area contributed by atoms with Gasteiger partial charge < -0.3 is 11.1 Å². The molecular formula is C61H81ClN4O2. The number of carbonyl (C=O) groups is 2. The first-order chi connectivity index (χ1) is 32.0. The van der Waals surface area contributed by atoms with E-state index in [0.717, 1.165) is 75.3 Å². The van der Waals surface area contributed by atoms with Gasteiger partial charge in [-0.2, -0.15) is 0 Å². The van der Waals surface area contributed by atoms with Gasteiger partial charge in [0.15, 0.2) is 0 Å². The number of benzene rings is 4. The van der Waals surface area contributed by atoms with Crippen molar-refractivity contribution in [1.29, 1.82) is 0 Å². The summed E-state index contributed by atoms with van der Waals surface area (Å²) in [5.74, 6) is 1.94. The van der Waals surface area contributed by atoms with Gasteiger partial charge in [0.05, 0.1) is 0 Å². The molecule has 3 N–H and O–H groups in total. The van der Waals surface area contributed by atoms with Crippen molar-refractivity contribution >= 4 is 34.1 Å². The summed E-state index contributed by atoms with van der Waals surface area (Å²) in [7, 11) is 0. The Morgan fingerprint density at radius 3 is 1.49 bits per heavy atom. The fourth-order valence-electron chi connectivity index (χ4n) is 18.0. The molecule has 0 radical (unpaired) electrons. The molecule has 0 aromatic heterocycles. The van der Waals surface area contributed by atoms with Crippen LogP contribution in [0, 0.1) is 44.3 Å². The summed E-state index contributed by atoms with van der Waals surface area (Å²) in [4.78, 5) is 29.7. The molecule has 1 amide bonds. The third-order valence-electron chi connectivity index (χ3n) is 18.0. The first-order valence-corrected chi connectivity index (χ1v) is 26.3. The summed E-state index contributed by atoms with van der Waals surface area (Å²) < 4.78 is 0. The minimum absolute atomic E-state index is 0. The molecule has 8 bridgehead atoms. The Hall–Kier alpha value is -3.97. The summed E-state index contributed by atoms with van der Waals surface area (Å²) >= 11 is 5.67. The van der Waals surface area contributed by atoms with Gasteiger partial charge >= 0.3 is 0 Å². The van der Waals surface area contributed by atoms with E-state index in [0.29, 0.717) is 34.5 Å². The van der Waals surface area contributed by atoms with Crippen molar-refractivity contribution in [3.63, 3.8) is 0 Å². The maximum Gasteiger partial charge on any atom is 0.224 e. The maximum atomic E-state index is 13.4. The van der Waals surface area contributed by atoms with E-state index < -0.39 is 0 Å². The third-order valence-corrected chi connectivity index (χ3v) is 18.2. The number of halogens is 1. The van der Waals surface area contributed by atoms with Gasteiger partial charge in [-0.15, -0.1) is 0 Å². The van der Waals surface area contributed by atoms with Crippen molar-refractivity contribution < 1.29 is 9.59 Å². The van der Waals surface area contributed by atoms with Crippen molar-refractivity contribution in [1.82, 2.24) is 9.80 Å². The van der Waals surface area contributed by atoms with Crippen molar-refractivity contribution in [2.24, 2.45) is 44.3 Å². The van der Waals surface area contributed by atoms with E-state index in [-0.39, 0.29) is 29.4 Å². The SMILES string of the molecule is C.CC12CC3CC(C)(C1)CC(CC(=O)Cl)(C3)C2.CC12CC3CC(C)(C1)CC(CC(=O)Nc1cccc4c1CCN(Cc1ccccc1)C4)(C3)C2.Nc1cccc2c1CCN(Cc1ccccc1)C2. The summed E-state index contributed by atoms with van der Waals surface area (Å²) in [6.07, 6.45) is 19.2. The Morgan fingerprint density at radius 1 is 0.574 bits per heavy atom. The molecule has 364 valence electrons. The number of nitrogens with one attached hydrogen (secondary N) is 1. The molecule has 0 spiro atoms. The Balaban J connectivity index is 0.000000139. The van der Waals surface area contributed by atoms with Crippen LogP contribution in [0.15, 0.2) is 97.1 Å². The second kappa shape index (κ2) is 19.0. The summed E-state index contributed by atoms with van der Waals surface area (Å²) in [5, 5.41) is 3.26. The summed E-state index contributed by atoms with van der Waals surface area (Å²) in [6.45, 7) is 16.0. The van der Waals surface area contributed by atoms with Crippen LogP contribution < -0.4 is 11.1 Å². The molecule has 7 heteroatoms. The molecular weight excluding hydrogens is 856 g/mol. The number of carbonyl (C=O) groups excluding carboxylic acids is 2. The molecule has 8 fully saturated rings. The Labute approximate surface area is 414 Å². The van der Waals surface area contributed by atoms with E-state index in [2.05, 4.69) is 134 Å². The van der Waals surface area contributed by atoms with Crippen LogP contribution in [-0.2, 0) is 48.6 Å². The number of nitrogen functional groups attached to an aromatic ring is 1. The van der Waals surface area contributed by atoms with Crippen LogP contribution in [0.25, 0.3) is 0 Å². The number of nitrogens with two attached hydrogens (primary N) is 1. The fourth-order valence-corrected chi connectivity index (χ4v) is 18.3. The minimum atomic E-state index is -0.117. The number of rotatable bonds is 9. The zero-order chi connectivity index (χ0) is 46.7. The highest BCUT2D eigenvalue weighted by atomic mass is 35.5. The molecule has 8 saturated carbocycles. The monoisotopic (exact) mass is 937 g/mol. The van der Waals surface area contributed by atoms with E-state index in [9.17, 15) is 9.59 Å². The molecule has 0 saturated heterocycles. The minimum Gasteiger partial charge on any atom is -0.398 e. The number of hydrogen-bond acceptors (Lipinski definition) is 5. The molecule has 6 nitrogen and oxygen atoms in total. The van der Waals surface area contributed by atoms with Gasteiger partial charge in [0.25, 0.3) is 0 Å². The Bertz CT molecular complexity index is 2420. The lowest BCUT2D eigenvalue weighted by atomic mass is 9.40. The van der Waals surface area contributed by atoms with Gasteiger partial charge in [0.1, 0.15) is 0 Å². The first-order valence-electron chi connectivity index (χ1n) is 25.9. The molecule has 10 aliphatic rings. The highest BCUT2D eigenvalue weighted by Crippen LogP contribution is 2.71. The predicted octanol–water partition coefficient (Wildman–Crippen LogP) is 14.2. The zero-order valence-corrected chi connectivity index (χ0v) is 41.9. The lowest BCUT2D eigenvalue weighted by molar-refractivity contribution is -0.154. The number of anilines is 2. The highest BCUT2D eigenvalue weighted by molar-refractivity contribution is 6.63. The molecule has 2 heterocycles. The summed E-state index contributed by atoms with van der Waals surface area (Å²) in [6, 6.07) is 34.1. The van der Waals surface area contributed by atoms with Crippen molar-refractivity contribution in [2.45, 2.75) is 164 Å². The van der Waals surface area contributed by atoms with Crippen molar-refractivity contribution in [3.8, 4) is 0 Å².